The Morgan fingerprint density at radius 1 is 0.635 bits per heavy atom. The number of phosphoric acid groups is 1. The Morgan fingerprint density at radius 3 is 1.67 bits per heavy atom. The van der Waals surface area contributed by atoms with Crippen LogP contribution in [0.1, 0.15) is 123 Å². The van der Waals surface area contributed by atoms with E-state index in [-0.39, 0.29) is 13.0 Å². The molecule has 0 aliphatic carbocycles. The van der Waals surface area contributed by atoms with E-state index in [1.54, 1.807) is 6.08 Å². The van der Waals surface area contributed by atoms with Crippen LogP contribution in [-0.4, -0.2) is 60.5 Å². The number of rotatable bonds is 35. The zero-order valence-electron chi connectivity index (χ0n) is 31.9. The third kappa shape index (κ3) is 35.5. The van der Waals surface area contributed by atoms with Crippen molar-refractivity contribution in [3.05, 3.63) is 85.1 Å². The summed E-state index contributed by atoms with van der Waals surface area (Å²) in [6.45, 7) is 3.54. The van der Waals surface area contributed by atoms with Crippen LogP contribution in [0.3, 0.4) is 0 Å². The second kappa shape index (κ2) is 36.5. The summed E-state index contributed by atoms with van der Waals surface area (Å²) in [5.41, 5.74) is 5.33. The minimum Gasteiger partial charge on any atom is -0.480 e. The van der Waals surface area contributed by atoms with Crippen LogP contribution < -0.4 is 5.73 Å². The zero-order chi connectivity index (χ0) is 38.4. The lowest BCUT2D eigenvalue weighted by atomic mass is 10.1. The van der Waals surface area contributed by atoms with E-state index >= 15 is 0 Å². The van der Waals surface area contributed by atoms with Gasteiger partial charge in [-0.05, 0) is 64.2 Å². The number of carbonyl (C=O) groups excluding carboxylic acids is 1. The van der Waals surface area contributed by atoms with E-state index in [0.717, 1.165) is 64.2 Å². The molecule has 296 valence electrons. The topological polar surface area (TPSA) is 155 Å². The number of allylic oxidation sites excluding steroid dienone is 13. The number of carbonyl (C=O) groups is 2. The Bertz CT molecular complexity index is 1140. The molecule has 0 fully saturated rings. The number of nitrogens with two attached hydrogens (primary N) is 1. The molecule has 0 aromatic rings. The van der Waals surface area contributed by atoms with Gasteiger partial charge in [0.15, 0.2) is 0 Å². The quantitative estimate of drug-likeness (QED) is 0.0247. The van der Waals surface area contributed by atoms with Crippen LogP contribution in [-0.2, 0) is 32.7 Å². The highest BCUT2D eigenvalue weighted by Crippen LogP contribution is 2.43. The molecule has 3 unspecified atom stereocenters. The molecule has 10 nitrogen and oxygen atoms in total. The molecule has 0 heterocycles. The third-order valence-corrected chi connectivity index (χ3v) is 8.39. The summed E-state index contributed by atoms with van der Waals surface area (Å²) >= 11 is 0. The Kier molecular flexibility index (Phi) is 34.5. The van der Waals surface area contributed by atoms with Crippen LogP contribution >= 0.6 is 7.82 Å². The lowest BCUT2D eigenvalue weighted by Gasteiger charge is -2.20. The van der Waals surface area contributed by atoms with Gasteiger partial charge in [0.2, 0.25) is 0 Å². The number of hydrogen-bond donors (Lipinski definition) is 3. The summed E-state index contributed by atoms with van der Waals surface area (Å²) in [6.07, 6.45) is 45.2. The molecule has 0 spiro atoms. The molecule has 3 atom stereocenters. The monoisotopic (exact) mass is 749 g/mol. The lowest BCUT2D eigenvalue weighted by molar-refractivity contribution is -0.153. The Balaban J connectivity index is 4.49. The maximum Gasteiger partial charge on any atom is 0.472 e. The summed E-state index contributed by atoms with van der Waals surface area (Å²) in [6, 6.07) is -1.49. The van der Waals surface area contributed by atoms with E-state index in [2.05, 4.69) is 85.2 Å². The first-order chi connectivity index (χ1) is 25.2. The average molecular weight is 750 g/mol. The summed E-state index contributed by atoms with van der Waals surface area (Å²) in [7, 11) is -4.64. The van der Waals surface area contributed by atoms with E-state index in [9.17, 15) is 19.0 Å². The predicted octanol–water partition coefficient (Wildman–Crippen LogP) is 10.0. The van der Waals surface area contributed by atoms with Crippen molar-refractivity contribution in [3.8, 4) is 0 Å². The van der Waals surface area contributed by atoms with Crippen molar-refractivity contribution >= 4 is 19.8 Å². The van der Waals surface area contributed by atoms with Gasteiger partial charge in [-0.1, -0.05) is 137 Å². The van der Waals surface area contributed by atoms with Gasteiger partial charge in [-0.3, -0.25) is 18.6 Å². The molecule has 0 amide bonds. The Hall–Kier alpha value is -2.85. The van der Waals surface area contributed by atoms with Crippen molar-refractivity contribution in [2.75, 3.05) is 26.4 Å². The Labute approximate surface area is 314 Å². The van der Waals surface area contributed by atoms with E-state index in [1.165, 1.54) is 32.1 Å². The van der Waals surface area contributed by atoms with Gasteiger partial charge >= 0.3 is 19.8 Å². The number of carboxylic acids is 1. The maximum absolute atomic E-state index is 12.5. The summed E-state index contributed by atoms with van der Waals surface area (Å²) < 4.78 is 33.1. The van der Waals surface area contributed by atoms with Crippen LogP contribution in [0.2, 0.25) is 0 Å². The van der Waals surface area contributed by atoms with Crippen molar-refractivity contribution in [1.82, 2.24) is 0 Å². The molecule has 4 N–H and O–H groups in total. The molecule has 0 aliphatic rings. The number of aliphatic carboxylic acids is 1. The minimum atomic E-state index is -4.64. The number of unbranched alkanes of at least 4 members (excludes halogenated alkanes) is 8. The fraction of sp³-hybridized carbons (Fsp3) is 0.610. The summed E-state index contributed by atoms with van der Waals surface area (Å²) in [4.78, 5) is 33.3. The van der Waals surface area contributed by atoms with Crippen LogP contribution in [0.4, 0.5) is 0 Å². The molecule has 52 heavy (non-hydrogen) atoms. The van der Waals surface area contributed by atoms with E-state index in [4.69, 9.17) is 24.8 Å². The molecule has 0 aromatic heterocycles. The van der Waals surface area contributed by atoms with Gasteiger partial charge in [-0.25, -0.2) is 4.57 Å². The molecule has 11 heteroatoms. The SMILES string of the molecule is CC/C=C\C/C=C\C/C=C\C/C=C\C/C=C\CC(=O)OC(COCCCCCCCC/C=C\C/C=C\CCCC)COP(=O)(O)OCC(N)C(=O)O. The number of carboxylic acid groups (broad SMARTS) is 1. The second-order valence-electron chi connectivity index (χ2n) is 12.3. The number of esters is 1. The van der Waals surface area contributed by atoms with Gasteiger partial charge in [0, 0.05) is 6.61 Å². The molecule has 0 saturated carbocycles. The van der Waals surface area contributed by atoms with E-state index in [1.807, 2.05) is 12.2 Å². The average Bonchev–Trinajstić information content (AvgIpc) is 3.12. The van der Waals surface area contributed by atoms with Crippen molar-refractivity contribution in [2.45, 2.75) is 135 Å². The van der Waals surface area contributed by atoms with Gasteiger partial charge < -0.3 is 25.2 Å². The maximum atomic E-state index is 12.5. The van der Waals surface area contributed by atoms with Crippen molar-refractivity contribution in [2.24, 2.45) is 5.73 Å². The van der Waals surface area contributed by atoms with E-state index < -0.39 is 45.1 Å². The molecule has 0 aromatic carbocycles. The fourth-order valence-electron chi connectivity index (χ4n) is 4.46. The number of phosphoric ester groups is 1. The van der Waals surface area contributed by atoms with Crippen molar-refractivity contribution < 1.29 is 42.7 Å². The van der Waals surface area contributed by atoms with Gasteiger partial charge in [0.1, 0.15) is 12.1 Å². The minimum absolute atomic E-state index is 0.0106. The number of ether oxygens (including phenoxy) is 2. The normalized spacial score (nSPS) is 15.0. The van der Waals surface area contributed by atoms with E-state index in [0.29, 0.717) is 13.0 Å². The highest BCUT2D eigenvalue weighted by atomic mass is 31.2. The fourth-order valence-corrected chi connectivity index (χ4v) is 5.24. The first-order valence-electron chi connectivity index (χ1n) is 19.1. The second-order valence-corrected chi connectivity index (χ2v) is 13.8. The molecule has 0 bridgehead atoms. The van der Waals surface area contributed by atoms with Crippen LogP contribution in [0.25, 0.3) is 0 Å². The lowest BCUT2D eigenvalue weighted by Crippen LogP contribution is -2.34. The zero-order valence-corrected chi connectivity index (χ0v) is 32.8. The number of hydrogen-bond acceptors (Lipinski definition) is 8. The van der Waals surface area contributed by atoms with Gasteiger partial charge in [0.05, 0.1) is 26.2 Å². The predicted molar refractivity (Wildman–Crippen MR) is 212 cm³/mol. The first-order valence-corrected chi connectivity index (χ1v) is 20.6. The largest absolute Gasteiger partial charge is 0.480 e. The highest BCUT2D eigenvalue weighted by Gasteiger charge is 2.27. The molecular formula is C41H68NO9P. The summed E-state index contributed by atoms with van der Waals surface area (Å²) in [5, 5.41) is 8.86. The van der Waals surface area contributed by atoms with Gasteiger partial charge in [-0.15, -0.1) is 0 Å². The van der Waals surface area contributed by atoms with Crippen LogP contribution in [0.15, 0.2) is 85.1 Å². The molecule has 0 rings (SSSR count). The van der Waals surface area contributed by atoms with Crippen molar-refractivity contribution in [3.63, 3.8) is 0 Å². The van der Waals surface area contributed by atoms with Crippen molar-refractivity contribution in [1.29, 1.82) is 0 Å². The smallest absolute Gasteiger partial charge is 0.472 e. The molecule has 0 radical (unpaired) electrons. The first kappa shape index (κ1) is 49.1. The summed E-state index contributed by atoms with van der Waals surface area (Å²) in [5.74, 6) is -1.93. The standard InChI is InChI=1S/C41H68NO9P/c1-3-5-7-9-11-13-15-17-19-21-23-25-27-29-31-33-40(43)51-38(36-49-52(46,47)50-37-39(42)41(44)45)35-48-34-32-30-28-26-24-22-20-18-16-14-12-10-8-6-4-2/h5,7,10-13,16-19,23,25,29,31,38-39H,3-4,6,8-9,14-15,20-22,24,26-28,30,32-37,42H2,1-2H3,(H,44,45)(H,46,47)/b7-5-,12-10-,13-11-,18-16-,19-17-,25-23-,31-29-. The molecular weight excluding hydrogens is 681 g/mol. The Morgan fingerprint density at radius 2 is 1.12 bits per heavy atom. The highest BCUT2D eigenvalue weighted by molar-refractivity contribution is 7.47. The van der Waals surface area contributed by atoms with Gasteiger partial charge in [-0.2, -0.15) is 0 Å². The molecule has 0 saturated heterocycles. The van der Waals surface area contributed by atoms with Crippen LogP contribution in [0.5, 0.6) is 0 Å². The molecule has 0 aliphatic heterocycles. The van der Waals surface area contributed by atoms with Gasteiger partial charge in [0.25, 0.3) is 0 Å². The third-order valence-electron chi connectivity index (χ3n) is 7.44. The van der Waals surface area contributed by atoms with Crippen LogP contribution in [0, 0.1) is 0 Å².